The molecule has 0 spiro atoms. The van der Waals surface area contributed by atoms with Crippen molar-refractivity contribution in [2.45, 2.75) is 19.4 Å². The van der Waals surface area contributed by atoms with Gasteiger partial charge in [0.1, 0.15) is 0 Å². The van der Waals surface area contributed by atoms with Gasteiger partial charge in [0.25, 0.3) is 0 Å². The molecule has 2 atom stereocenters. The van der Waals surface area contributed by atoms with Gasteiger partial charge in [0.2, 0.25) is 11.1 Å². The highest BCUT2D eigenvalue weighted by atomic mass is 35.5. The van der Waals surface area contributed by atoms with Crippen LogP contribution >= 0.6 is 11.6 Å². The molecule has 3 nitrogen and oxygen atoms in total. The van der Waals surface area contributed by atoms with Gasteiger partial charge in [-0.2, -0.15) is 0 Å². The maximum Gasteiger partial charge on any atom is 0.227 e. The van der Waals surface area contributed by atoms with E-state index in [1.54, 1.807) is 4.90 Å². The normalized spacial score (nSPS) is 21.6. The van der Waals surface area contributed by atoms with Crippen LogP contribution in [0.4, 0.5) is 0 Å². The predicted octanol–water partition coefficient (Wildman–Crippen LogP) is 2.36. The summed E-state index contributed by atoms with van der Waals surface area (Å²) < 4.78 is 0. The summed E-state index contributed by atoms with van der Waals surface area (Å²) in [6.07, 6.45) is 0.236. The van der Waals surface area contributed by atoms with Crippen LogP contribution in [0.15, 0.2) is 30.3 Å². The molecular formula is C13H14ClNO2. The quantitative estimate of drug-likeness (QED) is 0.774. The lowest BCUT2D eigenvalue weighted by atomic mass is 10.1. The van der Waals surface area contributed by atoms with E-state index in [4.69, 9.17) is 11.6 Å². The molecule has 0 N–H and O–H groups in total. The van der Waals surface area contributed by atoms with Crippen molar-refractivity contribution in [3.63, 3.8) is 0 Å². The minimum Gasteiger partial charge on any atom is -0.335 e. The molecule has 1 aliphatic rings. The minimum absolute atomic E-state index is 0.000327. The summed E-state index contributed by atoms with van der Waals surface area (Å²) in [5.41, 5.74) is 1.07. The molecule has 2 rings (SSSR count). The lowest BCUT2D eigenvalue weighted by Crippen LogP contribution is -2.28. The van der Waals surface area contributed by atoms with Gasteiger partial charge >= 0.3 is 0 Å². The van der Waals surface area contributed by atoms with Gasteiger partial charge in [-0.25, -0.2) is 0 Å². The van der Waals surface area contributed by atoms with Crippen LogP contribution < -0.4 is 0 Å². The summed E-state index contributed by atoms with van der Waals surface area (Å²) in [5, 5.41) is -0.416. The number of halogens is 1. The van der Waals surface area contributed by atoms with Crippen LogP contribution in [0.2, 0.25) is 0 Å². The first kappa shape index (κ1) is 12.1. The van der Waals surface area contributed by atoms with Crippen molar-refractivity contribution in [2.24, 2.45) is 5.92 Å². The van der Waals surface area contributed by atoms with Crippen LogP contribution in [0.5, 0.6) is 0 Å². The summed E-state index contributed by atoms with van der Waals surface area (Å²) in [4.78, 5) is 24.6. The molecule has 1 amide bonds. The van der Waals surface area contributed by atoms with Crippen molar-refractivity contribution in [2.75, 3.05) is 6.54 Å². The van der Waals surface area contributed by atoms with Crippen molar-refractivity contribution in [3.05, 3.63) is 35.9 Å². The molecule has 1 fully saturated rings. The van der Waals surface area contributed by atoms with E-state index >= 15 is 0 Å². The second kappa shape index (κ2) is 4.88. The van der Waals surface area contributed by atoms with Crippen LogP contribution in [0, 0.1) is 5.92 Å². The maximum absolute atomic E-state index is 11.8. The zero-order valence-corrected chi connectivity index (χ0v) is 10.4. The molecule has 1 aliphatic heterocycles. The Morgan fingerprint density at radius 2 is 2.06 bits per heavy atom. The lowest BCUT2D eigenvalue weighted by molar-refractivity contribution is -0.129. The van der Waals surface area contributed by atoms with E-state index in [0.717, 1.165) is 5.56 Å². The van der Waals surface area contributed by atoms with Crippen LogP contribution in [0.3, 0.4) is 0 Å². The van der Waals surface area contributed by atoms with Crippen molar-refractivity contribution < 1.29 is 9.59 Å². The maximum atomic E-state index is 11.8. The largest absolute Gasteiger partial charge is 0.335 e. The number of hydrogen-bond donors (Lipinski definition) is 0. The molecule has 0 unspecified atom stereocenters. The molecule has 1 heterocycles. The lowest BCUT2D eigenvalue weighted by Gasteiger charge is -2.24. The van der Waals surface area contributed by atoms with Gasteiger partial charge < -0.3 is 4.90 Å². The van der Waals surface area contributed by atoms with Gasteiger partial charge in [0.05, 0.1) is 12.0 Å². The molecule has 4 heteroatoms. The van der Waals surface area contributed by atoms with E-state index in [1.165, 1.54) is 0 Å². The van der Waals surface area contributed by atoms with Crippen molar-refractivity contribution in [1.29, 1.82) is 0 Å². The fraction of sp³-hybridized carbons (Fsp3) is 0.385. The number of rotatable bonds is 3. The average molecular weight is 252 g/mol. The fourth-order valence-corrected chi connectivity index (χ4v) is 2.32. The highest BCUT2D eigenvalue weighted by Crippen LogP contribution is 2.29. The Balaban J connectivity index is 2.14. The summed E-state index contributed by atoms with van der Waals surface area (Å²) in [6, 6.07) is 9.77. The molecule has 1 aromatic rings. The molecule has 90 valence electrons. The van der Waals surface area contributed by atoms with E-state index in [0.29, 0.717) is 6.54 Å². The topological polar surface area (TPSA) is 37.4 Å². The second-order valence-electron chi connectivity index (χ2n) is 4.34. The molecule has 0 radical (unpaired) electrons. The molecular weight excluding hydrogens is 238 g/mol. The van der Waals surface area contributed by atoms with E-state index in [2.05, 4.69) is 0 Å². The van der Waals surface area contributed by atoms with Crippen molar-refractivity contribution >= 4 is 22.8 Å². The van der Waals surface area contributed by atoms with E-state index in [9.17, 15) is 9.59 Å². The third-order valence-corrected chi connectivity index (χ3v) is 3.54. The van der Waals surface area contributed by atoms with E-state index in [1.807, 2.05) is 37.3 Å². The monoisotopic (exact) mass is 251 g/mol. The first-order valence-corrected chi connectivity index (χ1v) is 6.01. The molecule has 1 aromatic carbocycles. The summed E-state index contributed by atoms with van der Waals surface area (Å²) in [6.45, 7) is 2.39. The summed E-state index contributed by atoms with van der Waals surface area (Å²) in [5.74, 6) is -0.351. The number of likely N-dealkylation sites (tertiary alicyclic amines) is 1. The Hall–Kier alpha value is -1.35. The third-order valence-electron chi connectivity index (χ3n) is 3.23. The summed E-state index contributed by atoms with van der Waals surface area (Å²) >= 11 is 5.45. The Labute approximate surface area is 105 Å². The van der Waals surface area contributed by atoms with E-state index < -0.39 is 5.24 Å². The SMILES string of the molecule is C[C@@H](c1ccccc1)N1C[C@H](C(=O)Cl)CC1=O. The smallest absolute Gasteiger partial charge is 0.227 e. The molecule has 0 aliphatic carbocycles. The fourth-order valence-electron chi connectivity index (χ4n) is 2.17. The number of hydrogen-bond acceptors (Lipinski definition) is 2. The van der Waals surface area contributed by atoms with Crippen molar-refractivity contribution in [3.8, 4) is 0 Å². The average Bonchev–Trinajstić information content (AvgIpc) is 2.72. The molecule has 17 heavy (non-hydrogen) atoms. The van der Waals surface area contributed by atoms with Crippen LogP contribution in [0.25, 0.3) is 0 Å². The Bertz CT molecular complexity index is 432. The van der Waals surface area contributed by atoms with Gasteiger partial charge in [0.15, 0.2) is 0 Å². The van der Waals surface area contributed by atoms with Crippen molar-refractivity contribution in [1.82, 2.24) is 4.90 Å². The second-order valence-corrected chi connectivity index (χ2v) is 4.71. The number of carbonyl (C=O) groups is 2. The highest BCUT2D eigenvalue weighted by Gasteiger charge is 2.36. The molecule has 0 saturated carbocycles. The zero-order valence-electron chi connectivity index (χ0n) is 9.60. The Morgan fingerprint density at radius 3 is 2.59 bits per heavy atom. The van der Waals surface area contributed by atoms with Gasteiger partial charge in [-0.1, -0.05) is 30.3 Å². The van der Waals surface area contributed by atoms with Gasteiger partial charge in [-0.05, 0) is 24.1 Å². The number of carbonyl (C=O) groups excluding carboxylic acids is 2. The van der Waals surface area contributed by atoms with Crippen LogP contribution in [0.1, 0.15) is 24.9 Å². The molecule has 1 saturated heterocycles. The number of amides is 1. The molecule has 0 bridgehead atoms. The number of nitrogens with zero attached hydrogens (tertiary/aromatic N) is 1. The van der Waals surface area contributed by atoms with Crippen LogP contribution in [-0.2, 0) is 9.59 Å². The zero-order chi connectivity index (χ0) is 12.4. The van der Waals surface area contributed by atoms with Crippen LogP contribution in [-0.4, -0.2) is 22.6 Å². The van der Waals surface area contributed by atoms with Gasteiger partial charge in [-0.3, -0.25) is 9.59 Å². The summed E-state index contributed by atoms with van der Waals surface area (Å²) in [7, 11) is 0. The molecule has 0 aromatic heterocycles. The third kappa shape index (κ3) is 2.50. The first-order chi connectivity index (χ1) is 8.09. The standard InChI is InChI=1S/C13H14ClNO2/c1-9(10-5-3-2-4-6-10)15-8-11(13(14)17)7-12(15)16/h2-6,9,11H,7-8H2,1H3/t9-,11+/m0/s1. The Kier molecular flexibility index (Phi) is 3.48. The predicted molar refractivity (Wildman–Crippen MR) is 65.5 cm³/mol. The van der Waals surface area contributed by atoms with Gasteiger partial charge in [0, 0.05) is 13.0 Å². The number of benzene rings is 1. The van der Waals surface area contributed by atoms with Gasteiger partial charge in [-0.15, -0.1) is 0 Å². The Morgan fingerprint density at radius 1 is 1.41 bits per heavy atom. The minimum atomic E-state index is -0.416. The first-order valence-electron chi connectivity index (χ1n) is 5.63. The van der Waals surface area contributed by atoms with E-state index in [-0.39, 0.29) is 24.3 Å². The highest BCUT2D eigenvalue weighted by molar-refractivity contribution is 6.64.